The first kappa shape index (κ1) is 21.6. The first-order valence-electron chi connectivity index (χ1n) is 9.19. The summed E-state index contributed by atoms with van der Waals surface area (Å²) in [7, 11) is 5.82. The number of benzene rings is 1. The quantitative estimate of drug-likeness (QED) is 0.331. The summed E-state index contributed by atoms with van der Waals surface area (Å²) in [6, 6.07) is 7.10. The molecule has 0 spiro atoms. The Bertz CT molecular complexity index is 1220. The molecule has 0 amide bonds. The Morgan fingerprint density at radius 1 is 1.10 bits per heavy atom. The third-order valence-electron chi connectivity index (χ3n) is 4.70. The van der Waals surface area contributed by atoms with Gasteiger partial charge in [-0.05, 0) is 30.7 Å². The molecule has 3 aromatic rings. The minimum atomic E-state index is -0.557. The molecule has 1 aromatic carbocycles. The van der Waals surface area contributed by atoms with Crippen molar-refractivity contribution < 1.29 is 14.3 Å². The van der Waals surface area contributed by atoms with E-state index >= 15 is 0 Å². The second-order valence-corrected chi connectivity index (χ2v) is 7.71. The molecule has 158 valence electrons. The molecule has 0 aliphatic carbocycles. The number of nitrogens with zero attached hydrogens (tertiary/aromatic N) is 4. The molecule has 2 heterocycles. The fraction of sp³-hybridized carbons (Fsp3) is 0.350. The predicted octanol–water partition coefficient (Wildman–Crippen LogP) is 1.75. The van der Waals surface area contributed by atoms with Crippen LogP contribution in [0.3, 0.4) is 0 Å². The summed E-state index contributed by atoms with van der Waals surface area (Å²) in [6.45, 7) is 1.84. The molecular formula is C20H22N4O5S. The molecule has 0 radical (unpaired) electrons. The van der Waals surface area contributed by atoms with E-state index in [0.717, 1.165) is 16.3 Å². The van der Waals surface area contributed by atoms with Gasteiger partial charge in [-0.3, -0.25) is 18.7 Å². The van der Waals surface area contributed by atoms with Gasteiger partial charge in [-0.25, -0.2) is 14.8 Å². The second-order valence-electron chi connectivity index (χ2n) is 6.52. The molecule has 9 nitrogen and oxygen atoms in total. The predicted molar refractivity (Wildman–Crippen MR) is 114 cm³/mol. The van der Waals surface area contributed by atoms with Crippen LogP contribution in [-0.2, 0) is 23.6 Å². The number of rotatable bonds is 6. The van der Waals surface area contributed by atoms with E-state index in [1.807, 2.05) is 6.92 Å². The smallest absolute Gasteiger partial charge is 0.332 e. The maximum absolute atomic E-state index is 12.9. The van der Waals surface area contributed by atoms with Crippen molar-refractivity contribution in [2.45, 2.75) is 23.6 Å². The third kappa shape index (κ3) is 3.82. The zero-order valence-corrected chi connectivity index (χ0v) is 18.1. The Labute approximate surface area is 176 Å². The highest BCUT2D eigenvalue weighted by Crippen LogP contribution is 2.31. The van der Waals surface area contributed by atoms with E-state index in [1.54, 1.807) is 38.4 Å². The van der Waals surface area contributed by atoms with E-state index in [4.69, 9.17) is 9.47 Å². The minimum absolute atomic E-state index is 0.184. The Balaban J connectivity index is 2.31. The number of aryl methyl sites for hydroxylation is 1. The van der Waals surface area contributed by atoms with Crippen LogP contribution in [0.25, 0.3) is 22.4 Å². The van der Waals surface area contributed by atoms with Crippen LogP contribution in [0.1, 0.15) is 13.3 Å². The van der Waals surface area contributed by atoms with Crippen molar-refractivity contribution in [1.82, 2.24) is 19.1 Å². The summed E-state index contributed by atoms with van der Waals surface area (Å²) in [5.41, 5.74) is -0.135. The largest absolute Gasteiger partial charge is 0.497 e. The number of hydrogen-bond donors (Lipinski definition) is 0. The summed E-state index contributed by atoms with van der Waals surface area (Å²) < 4.78 is 12.4. The van der Waals surface area contributed by atoms with Gasteiger partial charge in [0.05, 0.1) is 14.2 Å². The summed E-state index contributed by atoms with van der Waals surface area (Å²) >= 11 is 1.13. The van der Waals surface area contributed by atoms with E-state index < -0.39 is 22.5 Å². The van der Waals surface area contributed by atoms with Gasteiger partial charge < -0.3 is 9.47 Å². The molecule has 0 fully saturated rings. The maximum atomic E-state index is 12.9. The molecule has 30 heavy (non-hydrogen) atoms. The van der Waals surface area contributed by atoms with Crippen LogP contribution in [0, 0.1) is 0 Å². The monoisotopic (exact) mass is 430 g/mol. The topological polar surface area (TPSA) is 105 Å². The van der Waals surface area contributed by atoms with Gasteiger partial charge in [0, 0.05) is 19.7 Å². The van der Waals surface area contributed by atoms with Crippen molar-refractivity contribution in [3.05, 3.63) is 45.1 Å². The number of hydrogen-bond acceptors (Lipinski definition) is 8. The van der Waals surface area contributed by atoms with Crippen molar-refractivity contribution in [2.24, 2.45) is 14.1 Å². The van der Waals surface area contributed by atoms with E-state index in [2.05, 4.69) is 9.97 Å². The summed E-state index contributed by atoms with van der Waals surface area (Å²) in [4.78, 5) is 46.5. The lowest BCUT2D eigenvalue weighted by molar-refractivity contribution is -0.140. The SMILES string of the molecule is CCC(Sc1nc(-c2ccc(OC)cc2)nc2c1c(=O)n(C)c(=O)n2C)C(=O)OC. The lowest BCUT2D eigenvalue weighted by Gasteiger charge is -2.15. The fourth-order valence-electron chi connectivity index (χ4n) is 2.95. The Morgan fingerprint density at radius 2 is 1.77 bits per heavy atom. The number of esters is 1. The molecule has 1 unspecified atom stereocenters. The van der Waals surface area contributed by atoms with Gasteiger partial charge in [0.15, 0.2) is 11.5 Å². The minimum Gasteiger partial charge on any atom is -0.497 e. The van der Waals surface area contributed by atoms with Gasteiger partial charge in [-0.2, -0.15) is 0 Å². The van der Waals surface area contributed by atoms with E-state index in [1.165, 1.54) is 18.7 Å². The third-order valence-corrected chi connectivity index (χ3v) is 6.03. The van der Waals surface area contributed by atoms with Crippen LogP contribution in [0.4, 0.5) is 0 Å². The molecular weight excluding hydrogens is 408 g/mol. The van der Waals surface area contributed by atoms with Crippen molar-refractivity contribution in [1.29, 1.82) is 0 Å². The lowest BCUT2D eigenvalue weighted by Crippen LogP contribution is -2.37. The highest BCUT2D eigenvalue weighted by molar-refractivity contribution is 8.00. The summed E-state index contributed by atoms with van der Waals surface area (Å²) in [6.07, 6.45) is 0.479. The normalized spacial score (nSPS) is 12.0. The van der Waals surface area contributed by atoms with Crippen molar-refractivity contribution in [3.8, 4) is 17.1 Å². The average molecular weight is 430 g/mol. The number of ether oxygens (including phenoxy) is 2. The first-order valence-corrected chi connectivity index (χ1v) is 10.1. The first-order chi connectivity index (χ1) is 14.3. The van der Waals surface area contributed by atoms with E-state index in [0.29, 0.717) is 28.6 Å². The molecule has 0 bridgehead atoms. The van der Waals surface area contributed by atoms with Gasteiger partial charge in [-0.1, -0.05) is 18.7 Å². The highest BCUT2D eigenvalue weighted by Gasteiger charge is 2.24. The molecule has 10 heteroatoms. The van der Waals surface area contributed by atoms with E-state index in [9.17, 15) is 14.4 Å². The number of carbonyl (C=O) groups excluding carboxylic acids is 1. The standard InChI is InChI=1S/C20H22N4O5S/c1-6-13(19(26)29-5)30-17-14-16(23(2)20(27)24(3)18(14)25)21-15(22-17)11-7-9-12(28-4)10-8-11/h7-10,13H,6H2,1-5H3. The van der Waals surface area contributed by atoms with Crippen molar-refractivity contribution >= 4 is 28.8 Å². The van der Waals surface area contributed by atoms with Crippen LogP contribution in [0.15, 0.2) is 38.9 Å². The summed E-state index contributed by atoms with van der Waals surface area (Å²) in [5, 5.41) is -0.0535. The van der Waals surface area contributed by atoms with Crippen LogP contribution in [0.2, 0.25) is 0 Å². The molecule has 1 atom stereocenters. The zero-order chi connectivity index (χ0) is 22.0. The molecule has 0 aliphatic heterocycles. The molecule has 0 saturated heterocycles. The van der Waals surface area contributed by atoms with Gasteiger partial charge in [0.25, 0.3) is 5.56 Å². The average Bonchev–Trinajstić information content (AvgIpc) is 2.78. The van der Waals surface area contributed by atoms with E-state index in [-0.39, 0.29) is 11.0 Å². The van der Waals surface area contributed by atoms with Crippen molar-refractivity contribution in [3.63, 3.8) is 0 Å². The Kier molecular flexibility index (Phi) is 6.25. The van der Waals surface area contributed by atoms with Crippen LogP contribution < -0.4 is 16.0 Å². The van der Waals surface area contributed by atoms with Crippen LogP contribution in [0.5, 0.6) is 5.75 Å². The summed E-state index contributed by atoms with van der Waals surface area (Å²) in [5.74, 6) is 0.588. The van der Waals surface area contributed by atoms with Crippen LogP contribution >= 0.6 is 11.8 Å². The lowest BCUT2D eigenvalue weighted by atomic mass is 10.2. The Morgan fingerprint density at radius 3 is 2.33 bits per heavy atom. The number of methoxy groups -OCH3 is 2. The van der Waals surface area contributed by atoms with Crippen LogP contribution in [-0.4, -0.2) is 44.5 Å². The second kappa shape index (κ2) is 8.70. The number of thioether (sulfide) groups is 1. The van der Waals surface area contributed by atoms with Gasteiger partial charge in [-0.15, -0.1) is 0 Å². The molecule has 3 rings (SSSR count). The molecule has 0 aliphatic rings. The zero-order valence-electron chi connectivity index (χ0n) is 17.3. The maximum Gasteiger partial charge on any atom is 0.332 e. The van der Waals surface area contributed by atoms with Gasteiger partial charge in [0.1, 0.15) is 21.4 Å². The van der Waals surface area contributed by atoms with Gasteiger partial charge in [0.2, 0.25) is 0 Å². The Hall–Kier alpha value is -3.14. The number of carbonyl (C=O) groups is 1. The highest BCUT2D eigenvalue weighted by atomic mass is 32.2. The van der Waals surface area contributed by atoms with Crippen molar-refractivity contribution in [2.75, 3.05) is 14.2 Å². The number of aromatic nitrogens is 4. The number of fused-ring (bicyclic) bond motifs is 1. The molecule has 0 saturated carbocycles. The van der Waals surface area contributed by atoms with Gasteiger partial charge >= 0.3 is 11.7 Å². The molecule has 0 N–H and O–H groups in total. The fourth-order valence-corrected chi connectivity index (χ4v) is 4.01. The molecule has 2 aromatic heterocycles.